The summed E-state index contributed by atoms with van der Waals surface area (Å²) in [5.74, 6) is 0.563. The Hall–Kier alpha value is -2.36. The molecule has 1 aliphatic carbocycles. The van der Waals surface area contributed by atoms with Gasteiger partial charge in [0, 0.05) is 11.6 Å². The van der Waals surface area contributed by atoms with E-state index in [-0.39, 0.29) is 11.5 Å². The number of hydrogen-bond donors (Lipinski definition) is 1. The molecule has 0 aromatic heterocycles. The van der Waals surface area contributed by atoms with E-state index in [9.17, 15) is 9.90 Å². The predicted octanol–water partition coefficient (Wildman–Crippen LogP) is 2.70. The molecular formula is C15H13NO3. The van der Waals surface area contributed by atoms with Gasteiger partial charge in [-0.2, -0.15) is 0 Å². The average Bonchev–Trinajstić information content (AvgIpc) is 2.43. The lowest BCUT2D eigenvalue weighted by Crippen LogP contribution is -2.34. The number of ether oxygens (including phenoxy) is 1. The Labute approximate surface area is 110 Å². The first kappa shape index (κ1) is 11.7. The van der Waals surface area contributed by atoms with Gasteiger partial charge in [0.05, 0.1) is 5.71 Å². The van der Waals surface area contributed by atoms with Gasteiger partial charge in [0.15, 0.2) is 5.78 Å². The van der Waals surface area contributed by atoms with Crippen LogP contribution in [-0.4, -0.2) is 22.2 Å². The Kier molecular flexibility index (Phi) is 2.35. The average molecular weight is 255 g/mol. The highest BCUT2D eigenvalue weighted by Crippen LogP contribution is 2.40. The van der Waals surface area contributed by atoms with Gasteiger partial charge in [0.1, 0.15) is 22.8 Å². The first-order valence-corrected chi connectivity index (χ1v) is 6.01. The van der Waals surface area contributed by atoms with Crippen LogP contribution in [0.2, 0.25) is 0 Å². The van der Waals surface area contributed by atoms with E-state index < -0.39 is 5.60 Å². The molecule has 0 spiro atoms. The summed E-state index contributed by atoms with van der Waals surface area (Å²) in [5.41, 5.74) is 1.42. The zero-order valence-corrected chi connectivity index (χ0v) is 10.7. The van der Waals surface area contributed by atoms with Gasteiger partial charge >= 0.3 is 0 Å². The van der Waals surface area contributed by atoms with Crippen LogP contribution in [-0.2, 0) is 4.79 Å². The first-order valence-electron chi connectivity index (χ1n) is 6.01. The first-order chi connectivity index (χ1) is 8.95. The van der Waals surface area contributed by atoms with Crippen LogP contribution in [0, 0.1) is 0 Å². The minimum absolute atomic E-state index is 0.0700. The van der Waals surface area contributed by atoms with Gasteiger partial charge in [-0.15, -0.1) is 0 Å². The molecule has 0 amide bonds. The van der Waals surface area contributed by atoms with Crippen LogP contribution < -0.4 is 4.74 Å². The van der Waals surface area contributed by atoms with Gasteiger partial charge in [-0.3, -0.25) is 4.79 Å². The maximum atomic E-state index is 11.5. The van der Waals surface area contributed by atoms with Crippen LogP contribution in [0.15, 0.2) is 47.0 Å². The number of phenolic OH excluding ortho intramolecular Hbond substituents is 1. The lowest BCUT2D eigenvalue weighted by Gasteiger charge is -2.28. The number of fused-ring (bicyclic) bond motifs is 2. The second-order valence-corrected chi connectivity index (χ2v) is 5.06. The molecular weight excluding hydrogens is 242 g/mol. The molecule has 2 aliphatic rings. The minimum atomic E-state index is -0.682. The molecule has 0 fully saturated rings. The summed E-state index contributed by atoms with van der Waals surface area (Å²) in [6, 6.07) is 4.79. The molecule has 96 valence electrons. The molecule has 4 heteroatoms. The van der Waals surface area contributed by atoms with Gasteiger partial charge in [0.2, 0.25) is 0 Å². The monoisotopic (exact) mass is 255 g/mol. The van der Waals surface area contributed by atoms with Crippen molar-refractivity contribution >= 4 is 17.2 Å². The van der Waals surface area contributed by atoms with Gasteiger partial charge in [-0.1, -0.05) is 0 Å². The molecule has 1 aliphatic heterocycles. The van der Waals surface area contributed by atoms with E-state index in [1.165, 1.54) is 12.1 Å². The third kappa shape index (κ3) is 1.95. The molecule has 1 aromatic carbocycles. The molecule has 3 rings (SSSR count). The topological polar surface area (TPSA) is 58.9 Å². The molecule has 0 radical (unpaired) electrons. The third-order valence-electron chi connectivity index (χ3n) is 3.17. The van der Waals surface area contributed by atoms with Crippen molar-refractivity contribution in [1.29, 1.82) is 0 Å². The summed E-state index contributed by atoms with van der Waals surface area (Å²) >= 11 is 0. The van der Waals surface area contributed by atoms with E-state index in [0.29, 0.717) is 17.1 Å². The van der Waals surface area contributed by atoms with Crippen molar-refractivity contribution in [3.05, 3.63) is 42.0 Å². The number of carbonyl (C=O) groups excluding carboxylic acids is 1. The van der Waals surface area contributed by atoms with Gasteiger partial charge < -0.3 is 9.84 Å². The van der Waals surface area contributed by atoms with Gasteiger partial charge in [0.25, 0.3) is 0 Å². The largest absolute Gasteiger partial charge is 0.508 e. The number of allylic oxidation sites excluding steroid dienone is 3. The minimum Gasteiger partial charge on any atom is -0.508 e. The highest BCUT2D eigenvalue weighted by atomic mass is 16.5. The van der Waals surface area contributed by atoms with Crippen LogP contribution in [0.4, 0.5) is 5.69 Å². The molecule has 4 nitrogen and oxygen atoms in total. The van der Waals surface area contributed by atoms with Gasteiger partial charge in [-0.05, 0) is 44.2 Å². The van der Waals surface area contributed by atoms with Crippen molar-refractivity contribution in [1.82, 2.24) is 0 Å². The summed E-state index contributed by atoms with van der Waals surface area (Å²) < 4.78 is 5.91. The summed E-state index contributed by atoms with van der Waals surface area (Å²) in [4.78, 5) is 16.0. The normalized spacial score (nSPS) is 19.6. The van der Waals surface area contributed by atoms with Crippen molar-refractivity contribution < 1.29 is 14.6 Å². The molecule has 1 heterocycles. The van der Waals surface area contributed by atoms with E-state index in [4.69, 9.17) is 4.74 Å². The van der Waals surface area contributed by atoms with Crippen LogP contribution in [0.1, 0.15) is 13.8 Å². The quantitative estimate of drug-likeness (QED) is 0.725. The summed E-state index contributed by atoms with van der Waals surface area (Å²) in [6.07, 6.45) is 4.74. The highest BCUT2D eigenvalue weighted by Gasteiger charge is 2.33. The van der Waals surface area contributed by atoms with E-state index in [0.717, 1.165) is 5.57 Å². The fourth-order valence-corrected chi connectivity index (χ4v) is 2.23. The number of carbonyl (C=O) groups is 1. The SMILES string of the molecule is CC1(C)Oc2cc(O)ccc2N=C2C=CC(=O)C=C21. The Morgan fingerprint density at radius 3 is 2.84 bits per heavy atom. The Morgan fingerprint density at radius 1 is 1.26 bits per heavy atom. The number of nitrogens with zero attached hydrogens (tertiary/aromatic N) is 1. The lowest BCUT2D eigenvalue weighted by molar-refractivity contribution is -0.110. The van der Waals surface area contributed by atoms with Gasteiger partial charge in [-0.25, -0.2) is 4.99 Å². The van der Waals surface area contributed by atoms with Crippen LogP contribution >= 0.6 is 0 Å². The van der Waals surface area contributed by atoms with Crippen molar-refractivity contribution in [2.24, 2.45) is 4.99 Å². The molecule has 0 atom stereocenters. The number of benzene rings is 1. The third-order valence-corrected chi connectivity index (χ3v) is 3.17. The molecule has 19 heavy (non-hydrogen) atoms. The Balaban J connectivity index is 2.22. The molecule has 0 saturated heterocycles. The summed E-state index contributed by atoms with van der Waals surface area (Å²) in [6.45, 7) is 3.75. The smallest absolute Gasteiger partial charge is 0.179 e. The Bertz CT molecular complexity index is 666. The van der Waals surface area contributed by atoms with Crippen LogP contribution in [0.3, 0.4) is 0 Å². The van der Waals surface area contributed by atoms with Crippen molar-refractivity contribution in [3.63, 3.8) is 0 Å². The fourth-order valence-electron chi connectivity index (χ4n) is 2.23. The number of aliphatic imine (C=N–C) groups is 1. The van der Waals surface area contributed by atoms with Crippen molar-refractivity contribution in [2.45, 2.75) is 19.4 Å². The van der Waals surface area contributed by atoms with Crippen LogP contribution in [0.5, 0.6) is 11.5 Å². The number of aromatic hydroxyl groups is 1. The number of rotatable bonds is 0. The molecule has 0 unspecified atom stereocenters. The molecule has 0 saturated carbocycles. The second-order valence-electron chi connectivity index (χ2n) is 5.06. The van der Waals surface area contributed by atoms with Crippen LogP contribution in [0.25, 0.3) is 0 Å². The molecule has 0 bridgehead atoms. The van der Waals surface area contributed by atoms with E-state index in [1.54, 1.807) is 24.3 Å². The van der Waals surface area contributed by atoms with E-state index >= 15 is 0 Å². The summed E-state index contributed by atoms with van der Waals surface area (Å²) in [7, 11) is 0. The maximum Gasteiger partial charge on any atom is 0.179 e. The summed E-state index contributed by atoms with van der Waals surface area (Å²) in [5, 5.41) is 9.54. The predicted molar refractivity (Wildman–Crippen MR) is 72.1 cm³/mol. The standard InChI is InChI=1S/C15H13NO3/c1-15(2)11-7-9(17)3-5-12(11)16-13-6-4-10(18)8-14(13)19-15/h3-8,18H,1-2H3. The van der Waals surface area contributed by atoms with E-state index in [2.05, 4.69) is 4.99 Å². The number of phenols is 1. The molecule has 1 N–H and O–H groups in total. The highest BCUT2D eigenvalue weighted by molar-refractivity contribution is 6.21. The molecule has 1 aromatic rings. The zero-order valence-electron chi connectivity index (χ0n) is 10.7. The number of ketones is 1. The fraction of sp³-hybridized carbons (Fsp3) is 0.200. The number of hydrogen-bond acceptors (Lipinski definition) is 4. The Morgan fingerprint density at radius 2 is 2.05 bits per heavy atom. The van der Waals surface area contributed by atoms with Crippen molar-refractivity contribution in [3.8, 4) is 11.5 Å². The second kappa shape index (κ2) is 3.82. The zero-order chi connectivity index (χ0) is 13.6. The lowest BCUT2D eigenvalue weighted by atomic mass is 9.89. The van der Waals surface area contributed by atoms with E-state index in [1.807, 2.05) is 13.8 Å². The maximum absolute atomic E-state index is 11.5. The van der Waals surface area contributed by atoms with Crippen molar-refractivity contribution in [2.75, 3.05) is 0 Å².